The molecule has 1 saturated heterocycles. The molecule has 0 aliphatic carbocycles. The van der Waals surface area contributed by atoms with Crippen molar-refractivity contribution in [2.24, 2.45) is 5.92 Å². The quantitative estimate of drug-likeness (QED) is 0.586. The maximum Gasteiger partial charge on any atom is 0.251 e. The number of benzene rings is 1. The number of hydrogen-bond donors (Lipinski definition) is 4. The summed E-state index contributed by atoms with van der Waals surface area (Å²) >= 11 is 0. The molecule has 1 fully saturated rings. The van der Waals surface area contributed by atoms with Gasteiger partial charge in [0.2, 0.25) is 0 Å². The van der Waals surface area contributed by atoms with Crippen molar-refractivity contribution in [3.05, 3.63) is 35.7 Å². The molecular weight excluding hydrogens is 304 g/mol. The fourth-order valence-corrected chi connectivity index (χ4v) is 3.10. The summed E-state index contributed by atoms with van der Waals surface area (Å²) < 4.78 is 0. The third kappa shape index (κ3) is 2.78. The van der Waals surface area contributed by atoms with Crippen LogP contribution in [0, 0.1) is 12.8 Å². The molecule has 1 atom stereocenters. The predicted molar refractivity (Wildman–Crippen MR) is 91.7 cm³/mol. The Balaban J connectivity index is 1.58. The highest BCUT2D eigenvalue weighted by molar-refractivity contribution is 6.00. The summed E-state index contributed by atoms with van der Waals surface area (Å²) in [4.78, 5) is 20.0. The van der Waals surface area contributed by atoms with Crippen LogP contribution in [0.25, 0.3) is 22.4 Å². The number of amides is 1. The number of aryl methyl sites for hydroxylation is 1. The molecule has 1 unspecified atom stereocenters. The van der Waals surface area contributed by atoms with Gasteiger partial charge in [-0.15, -0.1) is 0 Å². The number of carbonyl (C=O) groups excluding carboxylic acids is 1. The van der Waals surface area contributed by atoms with Gasteiger partial charge in [-0.05, 0) is 50.6 Å². The summed E-state index contributed by atoms with van der Waals surface area (Å²) in [5.41, 5.74) is 3.16. The summed E-state index contributed by atoms with van der Waals surface area (Å²) in [6, 6.07) is 5.57. The lowest BCUT2D eigenvalue weighted by atomic mass is 10.1. The van der Waals surface area contributed by atoms with Crippen LogP contribution < -0.4 is 10.6 Å². The Morgan fingerprint density at radius 1 is 1.42 bits per heavy atom. The maximum absolute atomic E-state index is 12.4. The Bertz CT molecular complexity index is 874. The van der Waals surface area contributed by atoms with Gasteiger partial charge in [0, 0.05) is 23.7 Å². The summed E-state index contributed by atoms with van der Waals surface area (Å²) in [6.45, 7) is 4.64. The van der Waals surface area contributed by atoms with Crippen LogP contribution in [-0.4, -0.2) is 45.7 Å². The molecule has 1 amide bonds. The zero-order valence-electron chi connectivity index (χ0n) is 13.5. The smallest absolute Gasteiger partial charge is 0.251 e. The molecule has 24 heavy (non-hydrogen) atoms. The summed E-state index contributed by atoms with van der Waals surface area (Å²) in [7, 11) is 0. The van der Waals surface area contributed by atoms with Gasteiger partial charge in [0.1, 0.15) is 5.69 Å². The van der Waals surface area contributed by atoms with Crippen LogP contribution in [0.15, 0.2) is 24.4 Å². The Morgan fingerprint density at radius 3 is 3.08 bits per heavy atom. The van der Waals surface area contributed by atoms with Gasteiger partial charge in [-0.1, -0.05) is 0 Å². The lowest BCUT2D eigenvalue weighted by Gasteiger charge is -2.10. The first-order valence-electron chi connectivity index (χ1n) is 8.20. The number of nitrogens with zero attached hydrogens (tertiary/aromatic N) is 2. The molecule has 0 spiro atoms. The van der Waals surface area contributed by atoms with E-state index >= 15 is 0 Å². The van der Waals surface area contributed by atoms with Gasteiger partial charge in [0.25, 0.3) is 5.91 Å². The summed E-state index contributed by atoms with van der Waals surface area (Å²) in [5.74, 6) is 1.17. The SMILES string of the molecule is Cc1c[nH]c(-c2n[nH]c3ccc(C(=O)NCC4CCNC4)cc23)n1. The van der Waals surface area contributed by atoms with Gasteiger partial charge in [-0.25, -0.2) is 4.98 Å². The minimum Gasteiger partial charge on any atom is -0.352 e. The molecule has 3 heterocycles. The number of aromatic nitrogens is 4. The average Bonchev–Trinajstić information content (AvgIpc) is 3.32. The minimum absolute atomic E-state index is 0.0495. The van der Waals surface area contributed by atoms with E-state index in [1.807, 2.05) is 31.3 Å². The second-order valence-electron chi connectivity index (χ2n) is 6.29. The number of H-pyrrole nitrogens is 2. The maximum atomic E-state index is 12.4. The van der Waals surface area contributed by atoms with Gasteiger partial charge >= 0.3 is 0 Å². The van der Waals surface area contributed by atoms with Crippen LogP contribution in [-0.2, 0) is 0 Å². The number of rotatable bonds is 4. The highest BCUT2D eigenvalue weighted by Crippen LogP contribution is 2.25. The Morgan fingerprint density at radius 2 is 2.33 bits per heavy atom. The number of imidazole rings is 1. The highest BCUT2D eigenvalue weighted by Gasteiger charge is 2.17. The molecule has 0 radical (unpaired) electrons. The molecule has 1 aliphatic heterocycles. The second kappa shape index (κ2) is 6.09. The zero-order valence-corrected chi connectivity index (χ0v) is 13.5. The van der Waals surface area contributed by atoms with Crippen molar-refractivity contribution in [3.63, 3.8) is 0 Å². The van der Waals surface area contributed by atoms with Crippen LogP contribution >= 0.6 is 0 Å². The number of nitrogens with one attached hydrogen (secondary N) is 4. The van der Waals surface area contributed by atoms with Crippen molar-refractivity contribution in [2.75, 3.05) is 19.6 Å². The molecule has 7 nitrogen and oxygen atoms in total. The van der Waals surface area contributed by atoms with E-state index in [-0.39, 0.29) is 5.91 Å². The van der Waals surface area contributed by atoms with Crippen LogP contribution in [0.2, 0.25) is 0 Å². The number of carbonyl (C=O) groups is 1. The Labute approximate surface area is 139 Å². The number of aromatic amines is 2. The van der Waals surface area contributed by atoms with Crippen LogP contribution in [0.3, 0.4) is 0 Å². The topological polar surface area (TPSA) is 98.5 Å². The standard InChI is InChI=1S/C17H20N6O/c1-10-7-19-16(21-10)15-13-6-12(2-3-14(13)22-23-15)17(24)20-9-11-4-5-18-8-11/h2-3,6-7,11,18H,4-5,8-9H2,1H3,(H,19,21)(H,20,24)(H,22,23). The molecule has 7 heteroatoms. The summed E-state index contributed by atoms with van der Waals surface area (Å²) in [6.07, 6.45) is 2.95. The molecule has 4 rings (SSSR count). The summed E-state index contributed by atoms with van der Waals surface area (Å²) in [5, 5.41) is 14.5. The monoisotopic (exact) mass is 324 g/mol. The molecular formula is C17H20N6O. The van der Waals surface area contributed by atoms with Gasteiger partial charge in [0.15, 0.2) is 5.82 Å². The van der Waals surface area contributed by atoms with Crippen molar-refractivity contribution in [1.29, 1.82) is 0 Å². The van der Waals surface area contributed by atoms with Gasteiger partial charge in [-0.3, -0.25) is 9.89 Å². The van der Waals surface area contributed by atoms with E-state index in [9.17, 15) is 4.79 Å². The van der Waals surface area contributed by atoms with E-state index in [1.165, 1.54) is 0 Å². The first-order chi connectivity index (χ1) is 11.7. The Kier molecular flexibility index (Phi) is 3.78. The van der Waals surface area contributed by atoms with Gasteiger partial charge in [-0.2, -0.15) is 5.10 Å². The third-order valence-corrected chi connectivity index (χ3v) is 4.47. The fraction of sp³-hybridized carbons (Fsp3) is 0.353. The first kappa shape index (κ1) is 14.9. The van der Waals surface area contributed by atoms with Gasteiger partial charge in [0.05, 0.1) is 11.2 Å². The Hall–Kier alpha value is -2.67. The van der Waals surface area contributed by atoms with E-state index in [0.29, 0.717) is 23.9 Å². The third-order valence-electron chi connectivity index (χ3n) is 4.47. The van der Waals surface area contributed by atoms with E-state index in [2.05, 4.69) is 30.8 Å². The van der Waals surface area contributed by atoms with Crippen molar-refractivity contribution < 1.29 is 4.79 Å². The van der Waals surface area contributed by atoms with Crippen molar-refractivity contribution in [1.82, 2.24) is 30.8 Å². The lowest BCUT2D eigenvalue weighted by molar-refractivity contribution is 0.0948. The molecule has 3 aromatic rings. The van der Waals surface area contributed by atoms with Crippen molar-refractivity contribution in [3.8, 4) is 11.5 Å². The average molecular weight is 324 g/mol. The van der Waals surface area contributed by atoms with Crippen LogP contribution in [0.4, 0.5) is 0 Å². The highest BCUT2D eigenvalue weighted by atomic mass is 16.1. The molecule has 124 valence electrons. The van der Waals surface area contributed by atoms with Crippen LogP contribution in [0.1, 0.15) is 22.5 Å². The van der Waals surface area contributed by atoms with E-state index < -0.39 is 0 Å². The normalized spacial score (nSPS) is 17.5. The predicted octanol–water partition coefficient (Wildman–Crippen LogP) is 1.60. The number of fused-ring (bicyclic) bond motifs is 1. The number of hydrogen-bond acceptors (Lipinski definition) is 4. The molecule has 0 saturated carbocycles. The van der Waals surface area contributed by atoms with Crippen molar-refractivity contribution >= 4 is 16.8 Å². The molecule has 1 aromatic carbocycles. The first-order valence-corrected chi connectivity index (χ1v) is 8.20. The van der Waals surface area contributed by atoms with E-state index in [4.69, 9.17) is 0 Å². The molecule has 4 N–H and O–H groups in total. The zero-order chi connectivity index (χ0) is 16.5. The van der Waals surface area contributed by atoms with Crippen LogP contribution in [0.5, 0.6) is 0 Å². The minimum atomic E-state index is -0.0495. The van der Waals surface area contributed by atoms with E-state index in [1.54, 1.807) is 0 Å². The molecule has 1 aliphatic rings. The fourth-order valence-electron chi connectivity index (χ4n) is 3.10. The largest absolute Gasteiger partial charge is 0.352 e. The van der Waals surface area contributed by atoms with Gasteiger partial charge < -0.3 is 15.6 Å². The van der Waals surface area contributed by atoms with Crippen molar-refractivity contribution in [2.45, 2.75) is 13.3 Å². The van der Waals surface area contributed by atoms with E-state index in [0.717, 1.165) is 41.8 Å². The second-order valence-corrected chi connectivity index (χ2v) is 6.29. The molecule has 0 bridgehead atoms. The lowest BCUT2D eigenvalue weighted by Crippen LogP contribution is -2.30. The molecule has 2 aromatic heterocycles.